The molecule has 0 saturated heterocycles. The van der Waals surface area contributed by atoms with Crippen LogP contribution in [0.15, 0.2) is 69.6 Å². The van der Waals surface area contributed by atoms with Crippen LogP contribution in [-0.2, 0) is 0 Å². The molecule has 1 heterocycles. The second kappa shape index (κ2) is 6.85. The summed E-state index contributed by atoms with van der Waals surface area (Å²) >= 11 is 4.98. The summed E-state index contributed by atoms with van der Waals surface area (Å²) in [6, 6.07) is 18.2. The smallest absolute Gasteiger partial charge is 0.203 e. The van der Waals surface area contributed by atoms with Gasteiger partial charge in [0.25, 0.3) is 0 Å². The fourth-order valence-electron chi connectivity index (χ4n) is 1.95. The zero-order valence-corrected chi connectivity index (χ0v) is 14.4. The average molecular weight is 372 g/mol. The number of rotatable bonds is 4. The quantitative estimate of drug-likeness (QED) is 0.491. The topological polar surface area (TPSA) is 37.3 Å². The third kappa shape index (κ3) is 3.61. The number of hydrogen-bond acceptors (Lipinski definition) is 4. The van der Waals surface area contributed by atoms with Gasteiger partial charge in [0.1, 0.15) is 0 Å². The predicted molar refractivity (Wildman–Crippen MR) is 97.5 cm³/mol. The maximum absolute atomic E-state index is 4.55. The van der Waals surface area contributed by atoms with Gasteiger partial charge in [0.05, 0.1) is 11.4 Å². The van der Waals surface area contributed by atoms with E-state index in [9.17, 15) is 0 Å². The maximum atomic E-state index is 4.55. The van der Waals surface area contributed by atoms with Crippen molar-refractivity contribution < 1.29 is 0 Å². The number of aromatic nitrogens is 1. The highest BCUT2D eigenvalue weighted by Gasteiger charge is 2.03. The van der Waals surface area contributed by atoms with Crippen molar-refractivity contribution in [3.05, 3.63) is 70.0 Å². The van der Waals surface area contributed by atoms with Gasteiger partial charge in [-0.05, 0) is 24.6 Å². The van der Waals surface area contributed by atoms with Crippen molar-refractivity contribution >= 4 is 38.1 Å². The highest BCUT2D eigenvalue weighted by molar-refractivity contribution is 9.10. The molecule has 110 valence electrons. The Kier molecular flexibility index (Phi) is 4.65. The number of nitrogens with one attached hydrogen (secondary N) is 1. The fraction of sp³-hybridized carbons (Fsp3) is 0.0588. The molecule has 0 saturated carbocycles. The van der Waals surface area contributed by atoms with Crippen molar-refractivity contribution in [2.45, 2.75) is 6.92 Å². The lowest BCUT2D eigenvalue weighted by Gasteiger charge is -2.01. The van der Waals surface area contributed by atoms with Crippen molar-refractivity contribution in [2.24, 2.45) is 5.10 Å². The van der Waals surface area contributed by atoms with Crippen LogP contribution in [0.5, 0.6) is 0 Å². The Bertz CT molecular complexity index is 779. The molecule has 2 aromatic carbocycles. The van der Waals surface area contributed by atoms with Crippen molar-refractivity contribution in [1.29, 1.82) is 0 Å². The average Bonchev–Trinajstić information content (AvgIpc) is 3.03. The normalized spacial score (nSPS) is 11.5. The highest BCUT2D eigenvalue weighted by atomic mass is 79.9. The van der Waals surface area contributed by atoms with Crippen molar-refractivity contribution in [2.75, 3.05) is 5.43 Å². The molecule has 0 fully saturated rings. The summed E-state index contributed by atoms with van der Waals surface area (Å²) in [6.45, 7) is 1.97. The van der Waals surface area contributed by atoms with E-state index in [4.69, 9.17) is 0 Å². The van der Waals surface area contributed by atoms with Crippen LogP contribution < -0.4 is 5.43 Å². The van der Waals surface area contributed by atoms with Crippen LogP contribution in [0.2, 0.25) is 0 Å². The van der Waals surface area contributed by atoms with E-state index in [1.807, 2.05) is 54.8 Å². The first-order chi connectivity index (χ1) is 10.7. The van der Waals surface area contributed by atoms with Gasteiger partial charge in [-0.1, -0.05) is 58.4 Å². The van der Waals surface area contributed by atoms with Crippen molar-refractivity contribution in [1.82, 2.24) is 4.98 Å². The van der Waals surface area contributed by atoms with Crippen LogP contribution in [0.3, 0.4) is 0 Å². The van der Waals surface area contributed by atoms with E-state index in [-0.39, 0.29) is 0 Å². The molecule has 0 aliphatic rings. The maximum Gasteiger partial charge on any atom is 0.203 e. The molecule has 0 unspecified atom stereocenters. The number of halogens is 1. The number of nitrogens with zero attached hydrogens (tertiary/aromatic N) is 2. The minimum absolute atomic E-state index is 0.787. The first-order valence-corrected chi connectivity index (χ1v) is 8.47. The molecule has 22 heavy (non-hydrogen) atoms. The molecule has 5 heteroatoms. The molecular weight excluding hydrogens is 358 g/mol. The Morgan fingerprint density at radius 2 is 1.82 bits per heavy atom. The zero-order chi connectivity index (χ0) is 15.4. The molecule has 0 amide bonds. The van der Waals surface area contributed by atoms with E-state index in [1.165, 1.54) is 0 Å². The lowest BCUT2D eigenvalue weighted by Crippen LogP contribution is -1.99. The number of anilines is 1. The van der Waals surface area contributed by atoms with Crippen molar-refractivity contribution in [3.63, 3.8) is 0 Å². The summed E-state index contributed by atoms with van der Waals surface area (Å²) in [7, 11) is 0. The monoisotopic (exact) mass is 371 g/mol. The molecule has 0 radical (unpaired) electrons. The molecule has 0 atom stereocenters. The van der Waals surface area contributed by atoms with E-state index in [2.05, 4.69) is 43.6 Å². The van der Waals surface area contributed by atoms with E-state index in [1.54, 1.807) is 11.3 Å². The standard InChI is InChI=1S/C17H14BrN3S/c1-12(13-7-9-15(18)10-8-13)20-21-17-19-16(11-22-17)14-5-3-2-4-6-14/h2-11H,1H3,(H,19,21)/b20-12+. The number of thiazole rings is 1. The summed E-state index contributed by atoms with van der Waals surface area (Å²) in [5, 5.41) is 7.22. The molecule has 3 aromatic rings. The molecule has 1 aromatic heterocycles. The summed E-state index contributed by atoms with van der Waals surface area (Å²) in [4.78, 5) is 4.55. The Balaban J connectivity index is 1.73. The van der Waals surface area contributed by atoms with Crippen LogP contribution in [-0.4, -0.2) is 10.7 Å². The van der Waals surface area contributed by atoms with Crippen LogP contribution in [0.25, 0.3) is 11.3 Å². The van der Waals surface area contributed by atoms with Gasteiger partial charge in [-0.3, -0.25) is 5.43 Å². The molecule has 3 rings (SSSR count). The van der Waals surface area contributed by atoms with Gasteiger partial charge in [0.15, 0.2) is 0 Å². The van der Waals surface area contributed by atoms with E-state index >= 15 is 0 Å². The summed E-state index contributed by atoms with van der Waals surface area (Å²) in [6.07, 6.45) is 0. The van der Waals surface area contributed by atoms with Gasteiger partial charge < -0.3 is 0 Å². The van der Waals surface area contributed by atoms with Crippen LogP contribution >= 0.6 is 27.3 Å². The lowest BCUT2D eigenvalue weighted by molar-refractivity contribution is 1.27. The Hall–Kier alpha value is -1.98. The van der Waals surface area contributed by atoms with Gasteiger partial charge in [0, 0.05) is 15.4 Å². The Labute approximate surface area is 141 Å². The first kappa shape index (κ1) is 14.9. The molecular formula is C17H14BrN3S. The van der Waals surface area contributed by atoms with Gasteiger partial charge in [0.2, 0.25) is 5.13 Å². The molecule has 0 aliphatic carbocycles. The second-order valence-corrected chi connectivity index (χ2v) is 6.49. The number of hydrazone groups is 1. The minimum Gasteiger partial charge on any atom is -0.252 e. The van der Waals surface area contributed by atoms with E-state index in [0.29, 0.717) is 0 Å². The zero-order valence-electron chi connectivity index (χ0n) is 12.0. The molecule has 0 bridgehead atoms. The van der Waals surface area contributed by atoms with E-state index in [0.717, 1.165) is 32.1 Å². The fourth-order valence-corrected chi connectivity index (χ4v) is 2.88. The van der Waals surface area contributed by atoms with Crippen LogP contribution in [0, 0.1) is 0 Å². The van der Waals surface area contributed by atoms with Gasteiger partial charge in [-0.25, -0.2) is 4.98 Å². The first-order valence-electron chi connectivity index (χ1n) is 6.79. The Morgan fingerprint density at radius 3 is 2.55 bits per heavy atom. The second-order valence-electron chi connectivity index (χ2n) is 4.72. The predicted octanol–water partition coefficient (Wildman–Crippen LogP) is 5.41. The molecule has 3 nitrogen and oxygen atoms in total. The largest absolute Gasteiger partial charge is 0.252 e. The molecule has 0 aliphatic heterocycles. The molecule has 0 spiro atoms. The third-order valence-corrected chi connectivity index (χ3v) is 4.43. The number of benzene rings is 2. The summed E-state index contributed by atoms with van der Waals surface area (Å²) < 4.78 is 1.06. The van der Waals surface area contributed by atoms with Gasteiger partial charge >= 0.3 is 0 Å². The summed E-state index contributed by atoms with van der Waals surface area (Å²) in [5.41, 5.74) is 7.10. The summed E-state index contributed by atoms with van der Waals surface area (Å²) in [5.74, 6) is 0. The van der Waals surface area contributed by atoms with Crippen LogP contribution in [0.1, 0.15) is 12.5 Å². The highest BCUT2D eigenvalue weighted by Crippen LogP contribution is 2.24. The third-order valence-electron chi connectivity index (χ3n) is 3.15. The van der Waals surface area contributed by atoms with Crippen molar-refractivity contribution in [3.8, 4) is 11.3 Å². The minimum atomic E-state index is 0.787. The SMILES string of the molecule is C/C(=N\Nc1nc(-c2ccccc2)cs1)c1ccc(Br)cc1. The molecule has 1 N–H and O–H groups in total. The van der Waals surface area contributed by atoms with Crippen LogP contribution in [0.4, 0.5) is 5.13 Å². The lowest BCUT2D eigenvalue weighted by atomic mass is 10.1. The van der Waals surface area contributed by atoms with Gasteiger partial charge in [-0.15, -0.1) is 11.3 Å². The number of hydrogen-bond donors (Lipinski definition) is 1. The van der Waals surface area contributed by atoms with E-state index < -0.39 is 0 Å². The Morgan fingerprint density at radius 1 is 1.09 bits per heavy atom. The van der Waals surface area contributed by atoms with Gasteiger partial charge in [-0.2, -0.15) is 5.10 Å².